The smallest absolute Gasteiger partial charge is 0.140 e. The van der Waals surface area contributed by atoms with Crippen molar-refractivity contribution in [2.45, 2.75) is 26.0 Å². The quantitative estimate of drug-likeness (QED) is 0.914. The number of halogens is 2. The number of rotatable bonds is 4. The summed E-state index contributed by atoms with van der Waals surface area (Å²) in [5.74, 6) is 0.318. The van der Waals surface area contributed by atoms with Crippen molar-refractivity contribution in [3.8, 4) is 5.75 Å². The second kappa shape index (κ2) is 6.25. The minimum Gasteiger partial charge on any atom is -0.484 e. The van der Waals surface area contributed by atoms with Crippen LogP contribution >= 0.6 is 11.6 Å². The zero-order valence-electron chi connectivity index (χ0n) is 11.4. The lowest BCUT2D eigenvalue weighted by Gasteiger charge is -2.24. The van der Waals surface area contributed by atoms with Crippen molar-refractivity contribution in [1.29, 1.82) is 0 Å². The molecule has 106 valence electrons. The van der Waals surface area contributed by atoms with E-state index < -0.39 is 0 Å². The van der Waals surface area contributed by atoms with Crippen LogP contribution in [0.4, 0.5) is 4.39 Å². The second-order valence-electron chi connectivity index (χ2n) is 4.83. The van der Waals surface area contributed by atoms with Gasteiger partial charge >= 0.3 is 0 Å². The highest BCUT2D eigenvalue weighted by molar-refractivity contribution is 6.31. The molecule has 0 fully saturated rings. The summed E-state index contributed by atoms with van der Waals surface area (Å²) in [4.78, 5) is 0. The normalized spacial score (nSPS) is 13.8. The number of aryl methyl sites for hydroxylation is 1. The van der Waals surface area contributed by atoms with Crippen LogP contribution < -0.4 is 10.5 Å². The largest absolute Gasteiger partial charge is 0.484 e. The summed E-state index contributed by atoms with van der Waals surface area (Å²) in [6, 6.07) is 11.8. The van der Waals surface area contributed by atoms with Gasteiger partial charge in [0.25, 0.3) is 0 Å². The molecule has 0 aliphatic carbocycles. The van der Waals surface area contributed by atoms with Crippen LogP contribution in [0.5, 0.6) is 5.75 Å². The number of ether oxygens (including phenoxy) is 1. The highest BCUT2D eigenvalue weighted by atomic mass is 35.5. The average molecular weight is 294 g/mol. The van der Waals surface area contributed by atoms with Crippen LogP contribution in [-0.4, -0.2) is 6.04 Å². The molecule has 2 aromatic carbocycles. The Morgan fingerprint density at radius 1 is 1.20 bits per heavy atom. The number of hydrogen-bond donors (Lipinski definition) is 1. The Bertz CT molecular complexity index is 601. The summed E-state index contributed by atoms with van der Waals surface area (Å²) in [7, 11) is 0. The van der Waals surface area contributed by atoms with Crippen LogP contribution in [0.1, 0.15) is 24.2 Å². The fourth-order valence-corrected chi connectivity index (χ4v) is 2.24. The zero-order valence-corrected chi connectivity index (χ0v) is 12.2. The molecular weight excluding hydrogens is 277 g/mol. The zero-order chi connectivity index (χ0) is 14.7. The molecule has 0 saturated carbocycles. The number of nitrogens with two attached hydrogens (primary N) is 1. The first-order chi connectivity index (χ1) is 9.49. The molecule has 0 aromatic heterocycles. The summed E-state index contributed by atoms with van der Waals surface area (Å²) in [5, 5.41) is 0.605. The molecule has 2 rings (SSSR count). The van der Waals surface area contributed by atoms with E-state index in [4.69, 9.17) is 22.1 Å². The van der Waals surface area contributed by atoms with Crippen LogP contribution in [0.25, 0.3) is 0 Å². The Labute approximate surface area is 123 Å². The van der Waals surface area contributed by atoms with Crippen molar-refractivity contribution >= 4 is 11.6 Å². The van der Waals surface area contributed by atoms with Crippen LogP contribution in [0.15, 0.2) is 42.5 Å². The van der Waals surface area contributed by atoms with E-state index in [1.807, 2.05) is 25.1 Å². The van der Waals surface area contributed by atoms with E-state index in [-0.39, 0.29) is 18.0 Å². The molecule has 2 atom stereocenters. The van der Waals surface area contributed by atoms with Crippen molar-refractivity contribution in [2.24, 2.45) is 5.73 Å². The van der Waals surface area contributed by atoms with Gasteiger partial charge in [-0.2, -0.15) is 0 Å². The molecule has 4 heteroatoms. The van der Waals surface area contributed by atoms with Crippen LogP contribution in [0.2, 0.25) is 5.02 Å². The van der Waals surface area contributed by atoms with Gasteiger partial charge < -0.3 is 10.5 Å². The van der Waals surface area contributed by atoms with Crippen molar-refractivity contribution in [3.05, 3.63) is 64.4 Å². The molecule has 2 unspecified atom stereocenters. The van der Waals surface area contributed by atoms with Gasteiger partial charge in [-0.15, -0.1) is 0 Å². The van der Waals surface area contributed by atoms with Gasteiger partial charge in [-0.3, -0.25) is 0 Å². The second-order valence-corrected chi connectivity index (χ2v) is 5.24. The highest BCUT2D eigenvalue weighted by Gasteiger charge is 2.21. The topological polar surface area (TPSA) is 35.2 Å². The number of hydrogen-bond acceptors (Lipinski definition) is 2. The van der Waals surface area contributed by atoms with E-state index in [0.29, 0.717) is 16.3 Å². The summed E-state index contributed by atoms with van der Waals surface area (Å²) in [5.41, 5.74) is 7.35. The van der Waals surface area contributed by atoms with E-state index >= 15 is 0 Å². The molecular formula is C16H17ClFNO. The van der Waals surface area contributed by atoms with Gasteiger partial charge in [-0.25, -0.2) is 4.39 Å². The van der Waals surface area contributed by atoms with E-state index in [1.165, 1.54) is 6.07 Å². The van der Waals surface area contributed by atoms with Gasteiger partial charge in [0.05, 0.1) is 0 Å². The average Bonchev–Trinajstić information content (AvgIpc) is 2.41. The van der Waals surface area contributed by atoms with E-state index in [2.05, 4.69) is 0 Å². The van der Waals surface area contributed by atoms with Gasteiger partial charge in [0.15, 0.2) is 0 Å². The van der Waals surface area contributed by atoms with Crippen LogP contribution in [0, 0.1) is 12.7 Å². The Balaban J connectivity index is 2.31. The molecule has 0 heterocycles. The third kappa shape index (κ3) is 3.30. The lowest BCUT2D eigenvalue weighted by molar-refractivity contribution is 0.180. The van der Waals surface area contributed by atoms with Crippen molar-refractivity contribution in [1.82, 2.24) is 0 Å². The maximum absolute atomic E-state index is 13.3. The fraction of sp³-hybridized carbons (Fsp3) is 0.250. The van der Waals surface area contributed by atoms with E-state index in [0.717, 1.165) is 5.56 Å². The predicted octanol–water partition coefficient (Wildman–Crippen LogP) is 4.25. The van der Waals surface area contributed by atoms with E-state index in [9.17, 15) is 4.39 Å². The maximum atomic E-state index is 13.3. The van der Waals surface area contributed by atoms with Gasteiger partial charge in [0.1, 0.15) is 17.7 Å². The lowest BCUT2D eigenvalue weighted by Crippen LogP contribution is -2.29. The predicted molar refractivity (Wildman–Crippen MR) is 79.6 cm³/mol. The van der Waals surface area contributed by atoms with E-state index in [1.54, 1.807) is 25.1 Å². The molecule has 0 amide bonds. The summed E-state index contributed by atoms with van der Waals surface area (Å²) in [6.07, 6.45) is -0.381. The Morgan fingerprint density at radius 2 is 1.90 bits per heavy atom. The molecule has 0 radical (unpaired) electrons. The Kier molecular flexibility index (Phi) is 4.63. The molecule has 2 N–H and O–H groups in total. The van der Waals surface area contributed by atoms with Crippen LogP contribution in [-0.2, 0) is 0 Å². The van der Waals surface area contributed by atoms with Gasteiger partial charge in [0.2, 0.25) is 0 Å². The summed E-state index contributed by atoms with van der Waals surface area (Å²) < 4.78 is 19.2. The van der Waals surface area contributed by atoms with Gasteiger partial charge in [0, 0.05) is 16.6 Å². The Hall–Kier alpha value is -1.58. The molecule has 2 aromatic rings. The van der Waals surface area contributed by atoms with Crippen molar-refractivity contribution in [3.63, 3.8) is 0 Å². The monoisotopic (exact) mass is 293 g/mol. The third-order valence-electron chi connectivity index (χ3n) is 3.08. The fourth-order valence-electron chi connectivity index (χ4n) is 2.00. The molecule has 0 aliphatic rings. The van der Waals surface area contributed by atoms with Gasteiger partial charge in [-0.1, -0.05) is 29.8 Å². The molecule has 20 heavy (non-hydrogen) atoms. The third-order valence-corrected chi connectivity index (χ3v) is 3.43. The lowest BCUT2D eigenvalue weighted by atomic mass is 10.0. The maximum Gasteiger partial charge on any atom is 0.140 e. The molecule has 0 saturated heterocycles. The first kappa shape index (κ1) is 14.8. The summed E-state index contributed by atoms with van der Waals surface area (Å²) >= 11 is 6.19. The molecule has 0 spiro atoms. The molecule has 2 nitrogen and oxygen atoms in total. The summed E-state index contributed by atoms with van der Waals surface area (Å²) in [6.45, 7) is 3.54. The highest BCUT2D eigenvalue weighted by Crippen LogP contribution is 2.30. The van der Waals surface area contributed by atoms with Gasteiger partial charge in [-0.05, 0) is 43.7 Å². The number of benzene rings is 2. The molecule has 0 bridgehead atoms. The Morgan fingerprint density at radius 3 is 2.50 bits per heavy atom. The van der Waals surface area contributed by atoms with Crippen molar-refractivity contribution in [2.75, 3.05) is 0 Å². The SMILES string of the molecule is Cc1cc(OC(c2ccccc2Cl)C(C)N)ccc1F. The minimum absolute atomic E-state index is 0.250. The standard InChI is InChI=1S/C16H17ClFNO/c1-10-9-12(7-8-15(10)18)20-16(11(2)19)13-5-3-4-6-14(13)17/h3-9,11,16H,19H2,1-2H3. The van der Waals surface area contributed by atoms with Crippen LogP contribution in [0.3, 0.4) is 0 Å². The minimum atomic E-state index is -0.381. The molecule has 0 aliphatic heterocycles. The first-order valence-electron chi connectivity index (χ1n) is 6.42. The van der Waals surface area contributed by atoms with Crippen molar-refractivity contribution < 1.29 is 9.13 Å². The first-order valence-corrected chi connectivity index (χ1v) is 6.79.